The number of nitrogens with two attached hydrogens (primary N) is 1. The lowest BCUT2D eigenvalue weighted by Crippen LogP contribution is -2.54. The van der Waals surface area contributed by atoms with Crippen molar-refractivity contribution in [3.63, 3.8) is 0 Å². The highest BCUT2D eigenvalue weighted by molar-refractivity contribution is 6.23. The minimum absolute atomic E-state index is 0.0540. The molecule has 1 unspecified atom stereocenters. The molecule has 1 saturated heterocycles. The van der Waals surface area contributed by atoms with E-state index in [1.54, 1.807) is 24.5 Å². The van der Waals surface area contributed by atoms with Gasteiger partial charge in [-0.25, -0.2) is 4.98 Å². The fraction of sp³-hybridized carbons (Fsp3) is 0.256. The first-order valence-electron chi connectivity index (χ1n) is 18.7. The Morgan fingerprint density at radius 1 is 0.690 bits per heavy atom. The molecular weight excluding hydrogens is 748 g/mol. The highest BCUT2D eigenvalue weighted by Crippen LogP contribution is 2.32. The lowest BCUT2D eigenvalue weighted by molar-refractivity contribution is -0.136. The summed E-state index contributed by atoms with van der Waals surface area (Å²) in [5.41, 5.74) is 10.3. The monoisotopic (exact) mass is 788 g/mol. The number of hydrogen-bond donors (Lipinski definition) is 2. The van der Waals surface area contributed by atoms with E-state index in [4.69, 9.17) is 38.8 Å². The second kappa shape index (κ2) is 18.5. The van der Waals surface area contributed by atoms with Gasteiger partial charge in [-0.05, 0) is 96.4 Å². The zero-order valence-corrected chi connectivity index (χ0v) is 31.3. The molecule has 5 amide bonds. The summed E-state index contributed by atoms with van der Waals surface area (Å²) in [6.45, 7) is 2.68. The summed E-state index contributed by atoms with van der Waals surface area (Å²) in [7, 11) is 0. The van der Waals surface area contributed by atoms with Gasteiger partial charge in [0.15, 0.2) is 5.76 Å². The van der Waals surface area contributed by atoms with Crippen LogP contribution in [0, 0.1) is 0 Å². The SMILES string of the molecule is NC(=O)c1ccc(-c2cc(-c3ccc(OCCOCCOCCOCCOc4ccc5c(c4)C(=O)N(C4CCC(=O)NC4=O)C5=O)cc3)nc(-c3ccco3)c2)cc1. The number of primary amides is 1. The van der Waals surface area contributed by atoms with E-state index in [0.29, 0.717) is 68.2 Å². The van der Waals surface area contributed by atoms with Crippen LogP contribution in [0.1, 0.15) is 43.9 Å². The summed E-state index contributed by atoms with van der Waals surface area (Å²) in [5, 5.41) is 2.18. The number of piperidine rings is 1. The number of benzene rings is 3. The number of amides is 5. The molecule has 15 nitrogen and oxygen atoms in total. The summed E-state index contributed by atoms with van der Waals surface area (Å²) in [6.07, 6.45) is 1.75. The van der Waals surface area contributed by atoms with E-state index < -0.39 is 35.6 Å². The van der Waals surface area contributed by atoms with E-state index in [2.05, 4.69) is 5.32 Å². The quantitative estimate of drug-likeness (QED) is 0.0867. The average molecular weight is 789 g/mol. The van der Waals surface area contributed by atoms with Crippen LogP contribution in [0.25, 0.3) is 33.8 Å². The summed E-state index contributed by atoms with van der Waals surface area (Å²) in [5.74, 6) is -1.03. The minimum Gasteiger partial charge on any atom is -0.491 e. The number of carbonyl (C=O) groups excluding carboxylic acids is 5. The fourth-order valence-electron chi connectivity index (χ4n) is 6.46. The lowest BCUT2D eigenvalue weighted by Gasteiger charge is -2.27. The van der Waals surface area contributed by atoms with Crippen LogP contribution in [0.3, 0.4) is 0 Å². The number of hydrogen-bond acceptors (Lipinski definition) is 12. The van der Waals surface area contributed by atoms with Gasteiger partial charge in [0.05, 0.1) is 62.7 Å². The molecule has 1 atom stereocenters. The number of rotatable bonds is 19. The molecule has 0 bridgehead atoms. The molecular formula is C43H40N4O11. The van der Waals surface area contributed by atoms with Gasteiger partial charge in [-0.2, -0.15) is 0 Å². The van der Waals surface area contributed by atoms with Gasteiger partial charge in [0.2, 0.25) is 17.7 Å². The summed E-state index contributed by atoms with van der Waals surface area (Å²) in [6, 6.07) is 25.8. The number of aromatic nitrogens is 1. The molecule has 298 valence electrons. The predicted molar refractivity (Wildman–Crippen MR) is 208 cm³/mol. The van der Waals surface area contributed by atoms with Crippen molar-refractivity contribution in [2.24, 2.45) is 5.73 Å². The number of nitrogens with one attached hydrogen (secondary N) is 1. The maximum absolute atomic E-state index is 13.0. The van der Waals surface area contributed by atoms with Gasteiger partial charge in [-0.15, -0.1) is 0 Å². The third-order valence-corrected chi connectivity index (χ3v) is 9.40. The molecule has 7 rings (SSSR count). The smallest absolute Gasteiger partial charge is 0.262 e. The molecule has 2 aromatic heterocycles. The fourth-order valence-corrected chi connectivity index (χ4v) is 6.46. The standard InChI is InChI=1S/C43H40N4O11/c44-40(49)29-5-3-27(4-6-29)30-24-35(45-36(25-30)38-2-1-15-58-38)28-7-9-31(10-8-28)56-22-20-54-18-16-53-17-19-55-21-23-57-32-11-12-33-34(26-32)43(52)47(42(33)51)37-13-14-39(48)46-41(37)50/h1-12,15,24-26,37H,13-14,16-23H2,(H2,44,49)(H,46,48,50). The zero-order chi connectivity index (χ0) is 40.4. The molecule has 58 heavy (non-hydrogen) atoms. The number of nitrogens with zero attached hydrogens (tertiary/aromatic N) is 2. The number of carbonyl (C=O) groups is 5. The Morgan fingerprint density at radius 3 is 1.93 bits per heavy atom. The van der Waals surface area contributed by atoms with Crippen LogP contribution in [-0.4, -0.2) is 98.3 Å². The Balaban J connectivity index is 0.768. The second-order valence-corrected chi connectivity index (χ2v) is 13.3. The topological polar surface area (TPSA) is 199 Å². The number of ether oxygens (including phenoxy) is 5. The molecule has 3 N–H and O–H groups in total. The predicted octanol–water partition coefficient (Wildman–Crippen LogP) is 4.68. The van der Waals surface area contributed by atoms with Crippen LogP contribution < -0.4 is 20.5 Å². The minimum atomic E-state index is -1.02. The summed E-state index contributed by atoms with van der Waals surface area (Å²) in [4.78, 5) is 66.9. The van der Waals surface area contributed by atoms with E-state index in [0.717, 1.165) is 27.3 Å². The molecule has 0 spiro atoms. The largest absolute Gasteiger partial charge is 0.491 e. The van der Waals surface area contributed by atoms with Gasteiger partial charge in [0.1, 0.15) is 36.4 Å². The van der Waals surface area contributed by atoms with E-state index in [1.165, 1.54) is 12.1 Å². The van der Waals surface area contributed by atoms with Gasteiger partial charge < -0.3 is 33.8 Å². The van der Waals surface area contributed by atoms with Crippen molar-refractivity contribution in [1.82, 2.24) is 15.2 Å². The molecule has 0 saturated carbocycles. The maximum atomic E-state index is 13.0. The van der Waals surface area contributed by atoms with Crippen LogP contribution in [0.2, 0.25) is 0 Å². The normalized spacial score (nSPS) is 15.0. The van der Waals surface area contributed by atoms with Crippen LogP contribution in [0.5, 0.6) is 11.5 Å². The molecule has 3 aromatic carbocycles. The molecule has 5 aromatic rings. The first-order chi connectivity index (χ1) is 28.2. The van der Waals surface area contributed by atoms with E-state index in [9.17, 15) is 24.0 Å². The Kier molecular flexibility index (Phi) is 12.6. The van der Waals surface area contributed by atoms with E-state index in [1.807, 2.05) is 60.7 Å². The van der Waals surface area contributed by atoms with Crippen molar-refractivity contribution in [2.75, 3.05) is 52.9 Å². The molecule has 1 fully saturated rings. The second-order valence-electron chi connectivity index (χ2n) is 13.3. The number of pyridine rings is 1. The molecule has 4 heterocycles. The molecule has 0 aliphatic carbocycles. The van der Waals surface area contributed by atoms with Gasteiger partial charge in [0, 0.05) is 17.5 Å². The van der Waals surface area contributed by atoms with Gasteiger partial charge in [-0.3, -0.25) is 34.2 Å². The van der Waals surface area contributed by atoms with E-state index in [-0.39, 0.29) is 37.2 Å². The first-order valence-corrected chi connectivity index (χ1v) is 18.7. The van der Waals surface area contributed by atoms with Gasteiger partial charge in [-0.1, -0.05) is 12.1 Å². The Labute approximate surface area is 333 Å². The van der Waals surface area contributed by atoms with Crippen LogP contribution in [0.4, 0.5) is 0 Å². The summed E-state index contributed by atoms with van der Waals surface area (Å²) >= 11 is 0. The Bertz CT molecular complexity index is 2270. The lowest BCUT2D eigenvalue weighted by atomic mass is 10.0. The van der Waals surface area contributed by atoms with E-state index >= 15 is 0 Å². The number of imide groups is 2. The number of fused-ring (bicyclic) bond motifs is 1. The highest BCUT2D eigenvalue weighted by atomic mass is 16.6. The van der Waals surface area contributed by atoms with Gasteiger partial charge in [0.25, 0.3) is 11.8 Å². The molecule has 2 aliphatic heterocycles. The first kappa shape index (κ1) is 39.6. The third kappa shape index (κ3) is 9.46. The Hall–Kier alpha value is -6.68. The molecule has 2 aliphatic rings. The molecule has 0 radical (unpaired) electrons. The third-order valence-electron chi connectivity index (χ3n) is 9.40. The van der Waals surface area contributed by atoms with Gasteiger partial charge >= 0.3 is 0 Å². The Morgan fingerprint density at radius 2 is 1.29 bits per heavy atom. The highest BCUT2D eigenvalue weighted by Gasteiger charge is 2.44. The van der Waals surface area contributed by atoms with Crippen LogP contribution in [-0.2, 0) is 23.8 Å². The maximum Gasteiger partial charge on any atom is 0.262 e. The molecule has 15 heteroatoms. The van der Waals surface area contributed by atoms with Crippen LogP contribution >= 0.6 is 0 Å². The van der Waals surface area contributed by atoms with Crippen molar-refractivity contribution in [1.29, 1.82) is 0 Å². The van der Waals surface area contributed by atoms with Crippen molar-refractivity contribution >= 4 is 29.5 Å². The van der Waals surface area contributed by atoms with Crippen molar-refractivity contribution in [3.05, 3.63) is 114 Å². The van der Waals surface area contributed by atoms with Crippen molar-refractivity contribution in [2.45, 2.75) is 18.9 Å². The van der Waals surface area contributed by atoms with Crippen molar-refractivity contribution in [3.8, 4) is 45.3 Å². The average Bonchev–Trinajstić information content (AvgIpc) is 3.86. The van der Waals surface area contributed by atoms with Crippen molar-refractivity contribution < 1.29 is 52.1 Å². The zero-order valence-electron chi connectivity index (χ0n) is 31.3. The van der Waals surface area contributed by atoms with Crippen LogP contribution in [0.15, 0.2) is 102 Å². The number of furan rings is 1. The summed E-state index contributed by atoms with van der Waals surface area (Å²) < 4.78 is 33.9.